The van der Waals surface area contributed by atoms with Crippen LogP contribution in [0.25, 0.3) is 0 Å². The first-order valence-electron chi connectivity index (χ1n) is 3.72. The SMILES string of the molecule is CC(C)N(C(C)C)P(N)(N)=O. The molecule has 0 spiro atoms. The average molecular weight is 179 g/mol. The zero-order chi connectivity index (χ0) is 9.23. The summed E-state index contributed by atoms with van der Waals surface area (Å²) in [6.07, 6.45) is 0. The van der Waals surface area contributed by atoms with Gasteiger partial charge in [0, 0.05) is 12.1 Å². The van der Waals surface area contributed by atoms with Crippen molar-refractivity contribution in [3.63, 3.8) is 0 Å². The molecular weight excluding hydrogens is 161 g/mol. The number of rotatable bonds is 3. The second kappa shape index (κ2) is 3.68. The summed E-state index contributed by atoms with van der Waals surface area (Å²) in [5.41, 5.74) is 10.7. The van der Waals surface area contributed by atoms with Gasteiger partial charge in [0.15, 0.2) is 0 Å². The van der Waals surface area contributed by atoms with Gasteiger partial charge in [-0.3, -0.25) is 15.6 Å². The molecule has 0 amide bonds. The lowest BCUT2D eigenvalue weighted by atomic mass is 10.3. The van der Waals surface area contributed by atoms with Crippen molar-refractivity contribution >= 4 is 7.59 Å². The second-order valence-electron chi connectivity index (χ2n) is 3.24. The summed E-state index contributed by atoms with van der Waals surface area (Å²) in [6, 6.07) is 0.242. The maximum atomic E-state index is 11.3. The largest absolute Gasteiger partial charge is 0.276 e. The lowest BCUT2D eigenvalue weighted by Gasteiger charge is -2.32. The summed E-state index contributed by atoms with van der Waals surface area (Å²) in [5, 5.41) is 0. The van der Waals surface area contributed by atoms with Crippen molar-refractivity contribution in [3.05, 3.63) is 0 Å². The first kappa shape index (κ1) is 11.1. The molecule has 4 N–H and O–H groups in total. The zero-order valence-electron chi connectivity index (χ0n) is 7.61. The monoisotopic (exact) mass is 179 g/mol. The molecule has 5 heteroatoms. The molecule has 4 nitrogen and oxygen atoms in total. The standard InChI is InChI=1S/C6H18N3OP/c1-5(2)9(6(3)4)11(7,8)10/h5-6H,1-4H3,(H4,7,8,10). The molecule has 0 heterocycles. The highest BCUT2D eigenvalue weighted by Gasteiger charge is 2.26. The smallest absolute Gasteiger partial charge is 0.271 e. The van der Waals surface area contributed by atoms with Gasteiger partial charge in [-0.05, 0) is 27.7 Å². The third-order valence-electron chi connectivity index (χ3n) is 1.42. The summed E-state index contributed by atoms with van der Waals surface area (Å²) in [5.74, 6) is 0. The highest BCUT2D eigenvalue weighted by atomic mass is 31.2. The van der Waals surface area contributed by atoms with Crippen molar-refractivity contribution in [2.45, 2.75) is 39.8 Å². The molecule has 0 aromatic rings. The van der Waals surface area contributed by atoms with Crippen molar-refractivity contribution in [2.75, 3.05) is 0 Å². The Bertz CT molecular complexity index is 155. The van der Waals surface area contributed by atoms with Crippen LogP contribution in [-0.4, -0.2) is 16.8 Å². The van der Waals surface area contributed by atoms with Crippen LogP contribution in [0.5, 0.6) is 0 Å². The highest BCUT2D eigenvalue weighted by Crippen LogP contribution is 2.35. The van der Waals surface area contributed by atoms with E-state index in [2.05, 4.69) is 0 Å². The Hall–Kier alpha value is 0.110. The van der Waals surface area contributed by atoms with E-state index in [9.17, 15) is 4.57 Å². The van der Waals surface area contributed by atoms with Crippen LogP contribution in [0.1, 0.15) is 27.7 Å². The Morgan fingerprint density at radius 3 is 1.36 bits per heavy atom. The van der Waals surface area contributed by atoms with Crippen LogP contribution in [0.2, 0.25) is 0 Å². The number of nitrogens with zero attached hydrogens (tertiary/aromatic N) is 1. The fourth-order valence-corrected chi connectivity index (χ4v) is 2.76. The topological polar surface area (TPSA) is 72.3 Å². The predicted octanol–water partition coefficient (Wildman–Crippen LogP) is 1.13. The molecule has 0 radical (unpaired) electrons. The first-order chi connectivity index (χ1) is 4.76. The van der Waals surface area contributed by atoms with Gasteiger partial charge < -0.3 is 0 Å². The molecule has 0 rings (SSSR count). The molecule has 0 aliphatic carbocycles. The highest BCUT2D eigenvalue weighted by molar-refractivity contribution is 7.56. The maximum absolute atomic E-state index is 11.3. The van der Waals surface area contributed by atoms with Gasteiger partial charge in [0.05, 0.1) is 0 Å². The molecular formula is C6H18N3OP. The van der Waals surface area contributed by atoms with Gasteiger partial charge in [0.1, 0.15) is 0 Å². The van der Waals surface area contributed by atoms with Crippen LogP contribution < -0.4 is 11.0 Å². The molecule has 0 aromatic heterocycles. The average Bonchev–Trinajstić information content (AvgIpc) is 1.54. The Morgan fingerprint density at radius 2 is 1.36 bits per heavy atom. The van der Waals surface area contributed by atoms with E-state index in [1.165, 1.54) is 0 Å². The minimum absolute atomic E-state index is 0.121. The van der Waals surface area contributed by atoms with Gasteiger partial charge in [-0.15, -0.1) is 0 Å². The zero-order valence-corrected chi connectivity index (χ0v) is 8.51. The molecule has 0 bridgehead atoms. The molecule has 0 atom stereocenters. The van der Waals surface area contributed by atoms with Gasteiger partial charge in [-0.1, -0.05) is 0 Å². The lowest BCUT2D eigenvalue weighted by molar-refractivity contribution is 0.299. The lowest BCUT2D eigenvalue weighted by Crippen LogP contribution is -2.39. The van der Waals surface area contributed by atoms with Crippen molar-refractivity contribution in [1.82, 2.24) is 4.67 Å². The van der Waals surface area contributed by atoms with Gasteiger partial charge in [-0.25, -0.2) is 4.67 Å². The molecule has 0 saturated carbocycles. The summed E-state index contributed by atoms with van der Waals surface area (Å²) >= 11 is 0. The van der Waals surface area contributed by atoms with Gasteiger partial charge in [0.25, 0.3) is 7.59 Å². The van der Waals surface area contributed by atoms with Crippen LogP contribution in [0, 0.1) is 0 Å². The van der Waals surface area contributed by atoms with Gasteiger partial charge in [-0.2, -0.15) is 0 Å². The summed E-state index contributed by atoms with van der Waals surface area (Å²) in [6.45, 7) is 7.69. The van der Waals surface area contributed by atoms with E-state index in [1.807, 2.05) is 27.7 Å². The van der Waals surface area contributed by atoms with Crippen LogP contribution in [-0.2, 0) is 4.57 Å². The van der Waals surface area contributed by atoms with E-state index in [-0.39, 0.29) is 12.1 Å². The van der Waals surface area contributed by atoms with E-state index in [4.69, 9.17) is 11.0 Å². The van der Waals surface area contributed by atoms with Crippen LogP contribution in [0.4, 0.5) is 0 Å². The molecule has 0 aliphatic heterocycles. The number of hydrogen-bond donors (Lipinski definition) is 2. The van der Waals surface area contributed by atoms with E-state index < -0.39 is 7.59 Å². The Labute approximate surface area is 68.5 Å². The molecule has 68 valence electrons. The Balaban J connectivity index is 4.49. The normalized spacial score (nSPS) is 13.5. The Kier molecular flexibility index (Phi) is 3.71. The van der Waals surface area contributed by atoms with Crippen LogP contribution in [0.15, 0.2) is 0 Å². The van der Waals surface area contributed by atoms with E-state index in [1.54, 1.807) is 4.67 Å². The molecule has 0 aliphatic rings. The molecule has 0 aromatic carbocycles. The van der Waals surface area contributed by atoms with E-state index in [0.29, 0.717) is 0 Å². The quantitative estimate of drug-likeness (QED) is 0.637. The molecule has 0 fully saturated rings. The fourth-order valence-electron chi connectivity index (χ4n) is 1.32. The fraction of sp³-hybridized carbons (Fsp3) is 1.00. The maximum Gasteiger partial charge on any atom is 0.276 e. The van der Waals surface area contributed by atoms with E-state index in [0.717, 1.165) is 0 Å². The predicted molar refractivity (Wildman–Crippen MR) is 48.1 cm³/mol. The number of hydrogen-bond acceptors (Lipinski definition) is 1. The third-order valence-corrected chi connectivity index (χ3v) is 3.06. The first-order valence-corrected chi connectivity index (χ1v) is 5.52. The van der Waals surface area contributed by atoms with Crippen molar-refractivity contribution in [1.29, 1.82) is 0 Å². The second-order valence-corrected chi connectivity index (χ2v) is 5.05. The third kappa shape index (κ3) is 3.34. The van der Waals surface area contributed by atoms with Crippen molar-refractivity contribution < 1.29 is 4.57 Å². The minimum Gasteiger partial charge on any atom is -0.271 e. The molecule has 11 heavy (non-hydrogen) atoms. The van der Waals surface area contributed by atoms with Gasteiger partial charge >= 0.3 is 0 Å². The van der Waals surface area contributed by atoms with Crippen molar-refractivity contribution in [2.24, 2.45) is 11.0 Å². The summed E-state index contributed by atoms with van der Waals surface area (Å²) in [4.78, 5) is 0. The van der Waals surface area contributed by atoms with E-state index >= 15 is 0 Å². The molecule has 0 saturated heterocycles. The number of nitrogens with two attached hydrogens (primary N) is 2. The summed E-state index contributed by atoms with van der Waals surface area (Å²) < 4.78 is 12.9. The van der Waals surface area contributed by atoms with Gasteiger partial charge in [0.2, 0.25) is 0 Å². The van der Waals surface area contributed by atoms with Crippen LogP contribution in [0.3, 0.4) is 0 Å². The summed E-state index contributed by atoms with van der Waals surface area (Å²) in [7, 11) is -3.05. The minimum atomic E-state index is -3.05. The molecule has 0 unspecified atom stereocenters. The van der Waals surface area contributed by atoms with Crippen molar-refractivity contribution in [3.8, 4) is 0 Å². The Morgan fingerprint density at radius 1 is 1.09 bits per heavy atom. The van der Waals surface area contributed by atoms with Crippen LogP contribution >= 0.6 is 7.59 Å².